The molecule has 0 saturated heterocycles. The molecule has 8 atom stereocenters. The molecule has 0 aliphatic heterocycles. The van der Waals surface area contributed by atoms with Crippen molar-refractivity contribution in [3.8, 4) is 0 Å². The van der Waals surface area contributed by atoms with Crippen molar-refractivity contribution < 1.29 is 58.7 Å². The third-order valence-corrected chi connectivity index (χ3v) is 7.73. The quantitative estimate of drug-likeness (QED) is 0.0444. The third-order valence-electron chi connectivity index (χ3n) is 6.76. The smallest absolute Gasteiger partial charge is 0.306 e. The molecule has 1 rings (SSSR count). The average molecular weight is 622 g/mol. The predicted molar refractivity (Wildman–Crippen MR) is 154 cm³/mol. The number of esters is 1. The van der Waals surface area contributed by atoms with Crippen LogP contribution in [0.15, 0.2) is 36.5 Å². The van der Waals surface area contributed by atoms with Gasteiger partial charge < -0.3 is 49.3 Å². The maximum atomic E-state index is 12.1. The van der Waals surface area contributed by atoms with E-state index < -0.39 is 69.7 Å². The zero-order chi connectivity index (χ0) is 31.4. The zero-order valence-electron chi connectivity index (χ0n) is 24.5. The van der Waals surface area contributed by atoms with Gasteiger partial charge in [-0.05, 0) is 44.9 Å². The molecule has 0 heterocycles. The van der Waals surface area contributed by atoms with Gasteiger partial charge in [-0.15, -0.1) is 0 Å². The van der Waals surface area contributed by atoms with Crippen molar-refractivity contribution in [2.75, 3.05) is 13.2 Å². The first-order chi connectivity index (χ1) is 20.0. The Balaban J connectivity index is 2.19. The van der Waals surface area contributed by atoms with Gasteiger partial charge in [-0.1, -0.05) is 69.1 Å². The second-order valence-electron chi connectivity index (χ2n) is 10.4. The number of rotatable bonds is 22. The van der Waals surface area contributed by atoms with Crippen LogP contribution in [0.3, 0.4) is 0 Å². The lowest BCUT2D eigenvalue weighted by Gasteiger charge is -2.43. The number of carbonyl (C=O) groups is 1. The predicted octanol–water partition coefficient (Wildman–Crippen LogP) is 1.95. The summed E-state index contributed by atoms with van der Waals surface area (Å²) in [6.45, 7) is 0.669. The van der Waals surface area contributed by atoms with Crippen LogP contribution in [-0.2, 0) is 23.1 Å². The van der Waals surface area contributed by atoms with E-state index in [4.69, 9.17) is 4.74 Å². The highest BCUT2D eigenvalue weighted by atomic mass is 31.2. The van der Waals surface area contributed by atoms with Gasteiger partial charge in [-0.25, -0.2) is 0 Å². The highest BCUT2D eigenvalue weighted by Crippen LogP contribution is 2.43. The Morgan fingerprint density at radius 2 is 1.29 bits per heavy atom. The van der Waals surface area contributed by atoms with Crippen LogP contribution >= 0.6 is 7.82 Å². The minimum atomic E-state index is -5.26. The van der Waals surface area contributed by atoms with E-state index in [-0.39, 0.29) is 6.42 Å². The van der Waals surface area contributed by atoms with Gasteiger partial charge in [0.1, 0.15) is 42.7 Å². The van der Waals surface area contributed by atoms with Gasteiger partial charge in [0.05, 0.1) is 13.2 Å². The van der Waals surface area contributed by atoms with Crippen molar-refractivity contribution in [2.45, 2.75) is 127 Å². The Labute approximate surface area is 248 Å². The highest BCUT2D eigenvalue weighted by Gasteiger charge is 2.50. The van der Waals surface area contributed by atoms with Crippen molar-refractivity contribution >= 4 is 13.8 Å². The second kappa shape index (κ2) is 22.1. The molecule has 1 saturated carbocycles. The monoisotopic (exact) mass is 621 g/mol. The van der Waals surface area contributed by atoms with Gasteiger partial charge >= 0.3 is 5.97 Å². The van der Waals surface area contributed by atoms with E-state index in [9.17, 15) is 44.9 Å². The van der Waals surface area contributed by atoms with E-state index in [2.05, 4.69) is 52.4 Å². The van der Waals surface area contributed by atoms with E-state index in [0.29, 0.717) is 6.42 Å². The molecule has 3 unspecified atom stereocenters. The molecule has 6 N–H and O–H groups in total. The van der Waals surface area contributed by atoms with Crippen LogP contribution in [0, 0.1) is 0 Å². The van der Waals surface area contributed by atoms with E-state index in [0.717, 1.165) is 44.9 Å². The van der Waals surface area contributed by atoms with E-state index >= 15 is 0 Å². The number of hydrogen-bond donors (Lipinski definition) is 6. The molecular weight excluding hydrogens is 571 g/mol. The SMILES string of the molecule is CCCCC/C=C\C/C=C\C/C=C\CCCCCCC(=O)O[C@H](CO)COP(=O)([O-])OC1[C@H](O)[C@H](O)C(O)[C@H](O)[C@H]1O. The number of unbranched alkanes of at least 4 members (excludes halogenated alkanes) is 7. The summed E-state index contributed by atoms with van der Waals surface area (Å²) in [6, 6.07) is 0. The summed E-state index contributed by atoms with van der Waals surface area (Å²) in [7, 11) is -5.26. The normalized spacial score (nSPS) is 27.1. The fourth-order valence-corrected chi connectivity index (χ4v) is 5.18. The largest absolute Gasteiger partial charge is 0.756 e. The van der Waals surface area contributed by atoms with Crippen LogP contribution in [0.5, 0.6) is 0 Å². The summed E-state index contributed by atoms with van der Waals surface area (Å²) in [5.41, 5.74) is 0. The van der Waals surface area contributed by atoms with Crippen molar-refractivity contribution in [1.29, 1.82) is 0 Å². The molecule has 0 aromatic rings. The molecule has 13 heteroatoms. The Morgan fingerprint density at radius 1 is 0.786 bits per heavy atom. The van der Waals surface area contributed by atoms with Gasteiger partial charge in [0, 0.05) is 6.42 Å². The second-order valence-corrected chi connectivity index (χ2v) is 11.8. The number of ether oxygens (including phenoxy) is 1. The zero-order valence-corrected chi connectivity index (χ0v) is 25.4. The first-order valence-electron chi connectivity index (χ1n) is 14.8. The molecule has 0 amide bonds. The maximum Gasteiger partial charge on any atom is 0.306 e. The molecule has 1 aliphatic carbocycles. The topological polar surface area (TPSA) is 206 Å². The summed E-state index contributed by atoms with van der Waals surface area (Å²) >= 11 is 0. The van der Waals surface area contributed by atoms with Crippen LogP contribution in [0.4, 0.5) is 0 Å². The lowest BCUT2D eigenvalue weighted by atomic mass is 9.85. The number of aliphatic hydroxyl groups excluding tert-OH is 6. The van der Waals surface area contributed by atoms with Crippen LogP contribution in [0.1, 0.15) is 84.0 Å². The minimum Gasteiger partial charge on any atom is -0.756 e. The Hall–Kier alpha value is -1.44. The number of hydrogen-bond acceptors (Lipinski definition) is 12. The number of aliphatic hydroxyl groups is 6. The number of phosphoric ester groups is 1. The molecule has 1 aliphatic rings. The molecule has 0 aromatic heterocycles. The molecule has 0 bridgehead atoms. The average Bonchev–Trinajstić information content (AvgIpc) is 2.97. The standard InChI is InChI=1S/C29H51O12P/c1-2-3-4-5-6-7-8-9-10-11-12-13-14-15-16-17-18-19-23(31)40-22(20-30)21-39-42(37,38)41-29-27(35)25(33)24(32)26(34)28(29)36/h6-7,9-10,12-13,22,24-30,32-36H,2-5,8,11,14-21H2,1H3,(H,37,38)/p-1/b7-6-,10-9-,13-12-/t22-,24?,25-,26+,27-,28-,29?/m1/s1. The van der Waals surface area contributed by atoms with Crippen molar-refractivity contribution in [2.24, 2.45) is 0 Å². The summed E-state index contributed by atoms with van der Waals surface area (Å²) in [5.74, 6) is -0.639. The van der Waals surface area contributed by atoms with Crippen LogP contribution in [0.2, 0.25) is 0 Å². The summed E-state index contributed by atoms with van der Waals surface area (Å²) in [5, 5.41) is 58.2. The first-order valence-corrected chi connectivity index (χ1v) is 16.3. The Bertz CT molecular complexity index is 848. The molecule has 0 aromatic carbocycles. The van der Waals surface area contributed by atoms with E-state index in [1.54, 1.807) is 0 Å². The molecule has 244 valence electrons. The van der Waals surface area contributed by atoms with Gasteiger partial charge in [0.25, 0.3) is 7.82 Å². The molecule has 12 nitrogen and oxygen atoms in total. The van der Waals surface area contributed by atoms with E-state index in [1.165, 1.54) is 19.3 Å². The summed E-state index contributed by atoms with van der Waals surface area (Å²) in [4.78, 5) is 24.2. The fourth-order valence-electron chi connectivity index (χ4n) is 4.22. The summed E-state index contributed by atoms with van der Waals surface area (Å²) in [6.07, 6.45) is 10.8. The third kappa shape index (κ3) is 15.9. The number of carbonyl (C=O) groups excluding carboxylic acids is 1. The van der Waals surface area contributed by atoms with Gasteiger partial charge in [0.15, 0.2) is 0 Å². The number of allylic oxidation sites excluding steroid dienone is 6. The first kappa shape index (κ1) is 38.6. The fraction of sp³-hybridized carbons (Fsp3) is 0.759. The Morgan fingerprint density at radius 3 is 1.83 bits per heavy atom. The minimum absolute atomic E-state index is 0.0777. The Kier molecular flexibility index (Phi) is 20.3. The van der Waals surface area contributed by atoms with Crippen molar-refractivity contribution in [3.63, 3.8) is 0 Å². The maximum absolute atomic E-state index is 12.1. The molecular formula is C29H50O12P-. The number of phosphoric acid groups is 1. The van der Waals surface area contributed by atoms with Crippen LogP contribution < -0.4 is 4.89 Å². The lowest BCUT2D eigenvalue weighted by Crippen LogP contribution is -2.64. The van der Waals surface area contributed by atoms with E-state index in [1.807, 2.05) is 0 Å². The van der Waals surface area contributed by atoms with Crippen molar-refractivity contribution in [3.05, 3.63) is 36.5 Å². The van der Waals surface area contributed by atoms with Gasteiger partial charge in [-0.2, -0.15) is 0 Å². The molecule has 0 spiro atoms. The van der Waals surface area contributed by atoms with Crippen LogP contribution in [0.25, 0.3) is 0 Å². The van der Waals surface area contributed by atoms with Crippen LogP contribution in [-0.4, -0.2) is 92.5 Å². The molecule has 1 fully saturated rings. The lowest BCUT2D eigenvalue weighted by molar-refractivity contribution is -0.261. The molecule has 42 heavy (non-hydrogen) atoms. The van der Waals surface area contributed by atoms with Crippen molar-refractivity contribution in [1.82, 2.24) is 0 Å². The highest BCUT2D eigenvalue weighted by molar-refractivity contribution is 7.45. The molecule has 0 radical (unpaired) electrons. The summed E-state index contributed by atoms with van der Waals surface area (Å²) < 4.78 is 26.4. The van der Waals surface area contributed by atoms with Gasteiger partial charge in [-0.3, -0.25) is 9.36 Å². The van der Waals surface area contributed by atoms with Gasteiger partial charge in [0.2, 0.25) is 0 Å².